The summed E-state index contributed by atoms with van der Waals surface area (Å²) in [7, 11) is -3.61. The number of ether oxygens (including phenoxy) is 1. The number of hydrogen-bond donors (Lipinski definition) is 1. The van der Waals surface area contributed by atoms with Crippen molar-refractivity contribution in [3.8, 4) is 5.75 Å². The first-order chi connectivity index (χ1) is 11.0. The van der Waals surface area contributed by atoms with Gasteiger partial charge in [-0.2, -0.15) is 4.31 Å². The second-order valence-electron chi connectivity index (χ2n) is 6.44. The lowest BCUT2D eigenvalue weighted by molar-refractivity contribution is 0.177. The van der Waals surface area contributed by atoms with E-state index in [2.05, 4.69) is 0 Å². The third-order valence-corrected chi connectivity index (χ3v) is 6.88. The van der Waals surface area contributed by atoms with E-state index < -0.39 is 10.0 Å². The minimum atomic E-state index is -3.61. The van der Waals surface area contributed by atoms with Crippen LogP contribution in [0.4, 0.5) is 0 Å². The van der Waals surface area contributed by atoms with Gasteiger partial charge in [0.2, 0.25) is 10.0 Å². The Kier molecular flexibility index (Phi) is 5.16. The SMILES string of the molecule is NC1CCN(S(=O)(=O)c2cc(Cl)ccc2OCC2CCC2)CC1. The first-order valence-corrected chi connectivity index (χ1v) is 9.96. The highest BCUT2D eigenvalue weighted by atomic mass is 35.5. The van der Waals surface area contributed by atoms with Gasteiger partial charge in [-0.15, -0.1) is 0 Å². The number of piperidine rings is 1. The molecule has 7 heteroatoms. The highest BCUT2D eigenvalue weighted by Gasteiger charge is 2.31. The largest absolute Gasteiger partial charge is 0.492 e. The third kappa shape index (κ3) is 3.82. The number of rotatable bonds is 5. The van der Waals surface area contributed by atoms with Crippen molar-refractivity contribution in [2.75, 3.05) is 19.7 Å². The number of benzene rings is 1. The van der Waals surface area contributed by atoms with Gasteiger partial charge in [0, 0.05) is 24.2 Å². The van der Waals surface area contributed by atoms with Gasteiger partial charge in [0.05, 0.1) is 6.61 Å². The Labute approximate surface area is 142 Å². The van der Waals surface area contributed by atoms with E-state index in [1.807, 2.05) is 0 Å². The molecule has 1 aliphatic heterocycles. The fourth-order valence-corrected chi connectivity index (χ4v) is 4.79. The van der Waals surface area contributed by atoms with Crippen molar-refractivity contribution in [1.29, 1.82) is 0 Å². The molecule has 0 radical (unpaired) electrons. The van der Waals surface area contributed by atoms with E-state index in [0.717, 1.165) is 12.8 Å². The van der Waals surface area contributed by atoms with Crippen molar-refractivity contribution < 1.29 is 13.2 Å². The van der Waals surface area contributed by atoms with Gasteiger partial charge in [-0.3, -0.25) is 0 Å². The standard InChI is InChI=1S/C16H23ClN2O3S/c17-13-4-5-15(22-11-12-2-1-3-12)16(10-13)23(20,21)19-8-6-14(18)7-9-19/h4-5,10,12,14H,1-3,6-9,11,18H2. The molecule has 0 aromatic heterocycles. The number of halogens is 1. The Hall–Kier alpha value is -0.820. The summed E-state index contributed by atoms with van der Waals surface area (Å²) in [5.41, 5.74) is 5.87. The molecule has 0 amide bonds. The van der Waals surface area contributed by atoms with Crippen molar-refractivity contribution in [2.45, 2.75) is 43.0 Å². The van der Waals surface area contributed by atoms with Gasteiger partial charge in [0.25, 0.3) is 0 Å². The maximum Gasteiger partial charge on any atom is 0.246 e. The molecule has 1 aromatic carbocycles. The van der Waals surface area contributed by atoms with Crippen LogP contribution in [0.25, 0.3) is 0 Å². The quantitative estimate of drug-likeness (QED) is 0.878. The Morgan fingerprint density at radius 2 is 1.91 bits per heavy atom. The molecule has 0 atom stereocenters. The molecule has 3 rings (SSSR count). The molecule has 5 nitrogen and oxygen atoms in total. The van der Waals surface area contributed by atoms with Crippen molar-refractivity contribution in [3.05, 3.63) is 23.2 Å². The Morgan fingerprint density at radius 3 is 2.52 bits per heavy atom. The van der Waals surface area contributed by atoms with Gasteiger partial charge < -0.3 is 10.5 Å². The fourth-order valence-electron chi connectivity index (χ4n) is 2.93. The smallest absolute Gasteiger partial charge is 0.246 e. The lowest BCUT2D eigenvalue weighted by atomic mass is 9.86. The maximum atomic E-state index is 12.9. The highest BCUT2D eigenvalue weighted by molar-refractivity contribution is 7.89. The number of nitrogens with two attached hydrogens (primary N) is 1. The van der Waals surface area contributed by atoms with Gasteiger partial charge >= 0.3 is 0 Å². The van der Waals surface area contributed by atoms with Crippen LogP contribution in [0.15, 0.2) is 23.1 Å². The van der Waals surface area contributed by atoms with Crippen LogP contribution in [0.5, 0.6) is 5.75 Å². The van der Waals surface area contributed by atoms with Crippen LogP contribution in [0, 0.1) is 5.92 Å². The lowest BCUT2D eigenvalue weighted by Crippen LogP contribution is -2.42. The summed E-state index contributed by atoms with van der Waals surface area (Å²) in [6, 6.07) is 4.89. The summed E-state index contributed by atoms with van der Waals surface area (Å²) in [5, 5.41) is 0.397. The molecule has 0 spiro atoms. The molecule has 2 N–H and O–H groups in total. The van der Waals surface area contributed by atoms with Gasteiger partial charge in [-0.25, -0.2) is 8.42 Å². The topological polar surface area (TPSA) is 72.6 Å². The van der Waals surface area contributed by atoms with Gasteiger partial charge in [-0.1, -0.05) is 18.0 Å². The van der Waals surface area contributed by atoms with Crippen LogP contribution in [0.2, 0.25) is 5.02 Å². The number of sulfonamides is 1. The van der Waals surface area contributed by atoms with E-state index in [1.54, 1.807) is 12.1 Å². The monoisotopic (exact) mass is 358 g/mol. The molecule has 2 aliphatic rings. The third-order valence-electron chi connectivity index (χ3n) is 4.72. The minimum absolute atomic E-state index is 0.0788. The zero-order chi connectivity index (χ0) is 16.4. The predicted octanol–water partition coefficient (Wildman–Crippen LogP) is 2.63. The second-order valence-corrected chi connectivity index (χ2v) is 8.78. The predicted molar refractivity (Wildman–Crippen MR) is 90.3 cm³/mol. The second kappa shape index (κ2) is 6.97. The van der Waals surface area contributed by atoms with E-state index >= 15 is 0 Å². The average Bonchev–Trinajstić information content (AvgIpc) is 2.47. The Bertz CT molecular complexity index is 653. The first kappa shape index (κ1) is 17.0. The molecule has 1 aliphatic carbocycles. The van der Waals surface area contributed by atoms with Crippen LogP contribution in [-0.4, -0.2) is 38.5 Å². The highest BCUT2D eigenvalue weighted by Crippen LogP contribution is 2.33. The molecular formula is C16H23ClN2O3S. The van der Waals surface area contributed by atoms with Crippen LogP contribution < -0.4 is 10.5 Å². The van der Waals surface area contributed by atoms with E-state index in [-0.39, 0.29) is 10.9 Å². The molecular weight excluding hydrogens is 336 g/mol. The van der Waals surface area contributed by atoms with Gasteiger partial charge in [-0.05, 0) is 49.8 Å². The normalized spacial score (nSPS) is 21.1. The molecule has 128 valence electrons. The van der Waals surface area contributed by atoms with E-state index in [1.165, 1.54) is 16.8 Å². The van der Waals surface area contributed by atoms with Crippen LogP contribution >= 0.6 is 11.6 Å². The van der Waals surface area contributed by atoms with E-state index in [4.69, 9.17) is 22.1 Å². The zero-order valence-corrected chi connectivity index (χ0v) is 14.7. The number of nitrogens with zero attached hydrogens (tertiary/aromatic N) is 1. The van der Waals surface area contributed by atoms with Crippen molar-refractivity contribution in [3.63, 3.8) is 0 Å². The Morgan fingerprint density at radius 1 is 1.22 bits per heavy atom. The summed E-state index contributed by atoms with van der Waals surface area (Å²) >= 11 is 6.03. The first-order valence-electron chi connectivity index (χ1n) is 8.15. The summed E-state index contributed by atoms with van der Waals surface area (Å²) < 4.78 is 33.2. The molecule has 1 saturated carbocycles. The summed E-state index contributed by atoms with van der Waals surface area (Å²) in [6.07, 6.45) is 4.89. The number of hydrogen-bond acceptors (Lipinski definition) is 4. The van der Waals surface area contributed by atoms with Gasteiger partial charge in [0.1, 0.15) is 10.6 Å². The summed E-state index contributed by atoms with van der Waals surface area (Å²) in [5.74, 6) is 0.936. The van der Waals surface area contributed by atoms with E-state index in [9.17, 15) is 8.42 Å². The molecule has 0 unspecified atom stereocenters. The fraction of sp³-hybridized carbons (Fsp3) is 0.625. The Balaban J connectivity index is 1.82. The van der Waals surface area contributed by atoms with Crippen molar-refractivity contribution in [1.82, 2.24) is 4.31 Å². The molecule has 0 bridgehead atoms. The zero-order valence-electron chi connectivity index (χ0n) is 13.1. The average molecular weight is 359 g/mol. The molecule has 1 saturated heterocycles. The van der Waals surface area contributed by atoms with Crippen LogP contribution in [0.1, 0.15) is 32.1 Å². The molecule has 1 heterocycles. The van der Waals surface area contributed by atoms with Crippen LogP contribution in [0.3, 0.4) is 0 Å². The van der Waals surface area contributed by atoms with Gasteiger partial charge in [0.15, 0.2) is 0 Å². The van der Waals surface area contributed by atoms with E-state index in [0.29, 0.717) is 49.2 Å². The van der Waals surface area contributed by atoms with Crippen molar-refractivity contribution >= 4 is 21.6 Å². The van der Waals surface area contributed by atoms with Crippen LogP contribution in [-0.2, 0) is 10.0 Å². The van der Waals surface area contributed by atoms with Crippen molar-refractivity contribution in [2.24, 2.45) is 11.7 Å². The molecule has 23 heavy (non-hydrogen) atoms. The summed E-state index contributed by atoms with van der Waals surface area (Å²) in [4.78, 5) is 0.166. The maximum absolute atomic E-state index is 12.9. The lowest BCUT2D eigenvalue weighted by Gasteiger charge is -2.30. The molecule has 1 aromatic rings. The molecule has 2 fully saturated rings. The summed E-state index contributed by atoms with van der Waals surface area (Å²) in [6.45, 7) is 1.45. The minimum Gasteiger partial charge on any atom is -0.492 e.